The van der Waals surface area contributed by atoms with Crippen LogP contribution in [0, 0.1) is 52.3 Å². The topological polar surface area (TPSA) is 154 Å². The molecule has 4 saturated carbocycles. The highest BCUT2D eigenvalue weighted by Gasteiger charge is 2.64. The van der Waals surface area contributed by atoms with Crippen molar-refractivity contribution < 1.29 is 33.3 Å². The van der Waals surface area contributed by atoms with Crippen LogP contribution in [0.3, 0.4) is 0 Å². The lowest BCUT2D eigenvalue weighted by atomic mass is 9.41. The van der Waals surface area contributed by atoms with Crippen molar-refractivity contribution in [3.8, 4) is 0 Å². The first-order chi connectivity index (χ1) is 19.7. The first kappa shape index (κ1) is 31.4. The molecule has 0 aromatic carbocycles. The molecule has 4 fully saturated rings. The lowest BCUT2D eigenvalue weighted by molar-refractivity contribution is -0.203. The molecule has 11 atom stereocenters. The molecule has 0 saturated heterocycles. The van der Waals surface area contributed by atoms with Crippen LogP contribution in [0.1, 0.15) is 102 Å². The lowest BCUT2D eigenvalue weighted by Crippen LogP contribution is -2.62. The molecule has 0 spiro atoms. The molecule has 4 aliphatic carbocycles. The molecule has 42 heavy (non-hydrogen) atoms. The molecule has 4 N–H and O–H groups in total. The van der Waals surface area contributed by atoms with E-state index in [0.29, 0.717) is 30.1 Å². The van der Waals surface area contributed by atoms with E-state index in [1.54, 1.807) is 0 Å². The van der Waals surface area contributed by atoms with Crippen LogP contribution in [-0.2, 0) is 14.8 Å². The molecule has 234 valence electrons. The van der Waals surface area contributed by atoms with E-state index in [-0.39, 0.29) is 57.8 Å². The van der Waals surface area contributed by atoms with Crippen molar-refractivity contribution in [3.05, 3.63) is 24.0 Å². The largest absolute Gasteiger partial charge is 0.477 e. The summed E-state index contributed by atoms with van der Waals surface area (Å²) >= 11 is 0. The number of sulfonamides is 1. The lowest BCUT2D eigenvalue weighted by Gasteiger charge is -2.64. The van der Waals surface area contributed by atoms with Gasteiger partial charge < -0.3 is 15.3 Å². The Balaban J connectivity index is 1.25. The fourth-order valence-corrected chi connectivity index (χ4v) is 11.4. The number of carbonyl (C=O) groups excluding carboxylic acids is 1. The number of aromatic nitrogens is 1. The van der Waals surface area contributed by atoms with Crippen LogP contribution < -0.4 is 4.72 Å². The van der Waals surface area contributed by atoms with Gasteiger partial charge in [0.05, 0.1) is 12.2 Å². The van der Waals surface area contributed by atoms with Crippen molar-refractivity contribution in [1.29, 1.82) is 0 Å². The van der Waals surface area contributed by atoms with Gasteiger partial charge in [-0.15, -0.1) is 0 Å². The number of hydrogen-bond donors (Lipinski definition) is 4. The second-order valence-corrected chi connectivity index (χ2v) is 16.0. The Hall–Kier alpha value is -2.04. The second-order valence-electron chi connectivity index (χ2n) is 14.4. The van der Waals surface area contributed by atoms with E-state index in [2.05, 4.69) is 37.4 Å². The van der Waals surface area contributed by atoms with Gasteiger partial charge in [-0.05, 0) is 116 Å². The van der Waals surface area contributed by atoms with Gasteiger partial charge in [0.1, 0.15) is 10.6 Å². The maximum Gasteiger partial charge on any atom is 0.354 e. The van der Waals surface area contributed by atoms with Crippen LogP contribution in [0.25, 0.3) is 0 Å². The van der Waals surface area contributed by atoms with Crippen molar-refractivity contribution in [2.24, 2.45) is 52.3 Å². The average molecular weight is 605 g/mol. The van der Waals surface area contributed by atoms with Crippen molar-refractivity contribution in [2.75, 3.05) is 0 Å². The Labute approximate surface area is 249 Å². The quantitative estimate of drug-likeness (QED) is 0.335. The molecule has 5 rings (SSSR count). The molecule has 1 aromatic heterocycles. The molecular weight excluding hydrogens is 556 g/mol. The number of aliphatic hydroxyl groups is 2. The molecule has 4 aliphatic rings. The molecule has 0 bridgehead atoms. The van der Waals surface area contributed by atoms with Gasteiger partial charge >= 0.3 is 5.97 Å². The highest BCUT2D eigenvalue weighted by molar-refractivity contribution is 7.90. The summed E-state index contributed by atoms with van der Waals surface area (Å²) in [6, 6.07) is 2.23. The smallest absolute Gasteiger partial charge is 0.354 e. The summed E-state index contributed by atoms with van der Waals surface area (Å²) in [5.41, 5.74) is -0.0527. The molecule has 1 heterocycles. The summed E-state index contributed by atoms with van der Waals surface area (Å²) in [6.07, 6.45) is 8.91. The highest BCUT2D eigenvalue weighted by atomic mass is 32.2. The van der Waals surface area contributed by atoms with E-state index in [9.17, 15) is 28.2 Å². The van der Waals surface area contributed by atoms with Crippen molar-refractivity contribution in [3.63, 3.8) is 0 Å². The Morgan fingerprint density at radius 2 is 1.74 bits per heavy atom. The molecule has 0 aliphatic heterocycles. The van der Waals surface area contributed by atoms with Crippen molar-refractivity contribution in [2.45, 2.75) is 109 Å². The van der Waals surface area contributed by atoms with Crippen molar-refractivity contribution in [1.82, 2.24) is 9.71 Å². The zero-order valence-electron chi connectivity index (χ0n) is 25.3. The summed E-state index contributed by atoms with van der Waals surface area (Å²) in [6.45, 7) is 9.19. The van der Waals surface area contributed by atoms with Gasteiger partial charge in [-0.3, -0.25) is 4.79 Å². The number of carboxylic acid groups (broad SMARTS) is 1. The number of amides is 1. The van der Waals surface area contributed by atoms with E-state index < -0.39 is 21.9 Å². The molecule has 9 nitrogen and oxygen atoms in total. The van der Waals surface area contributed by atoms with Gasteiger partial charge in [-0.1, -0.05) is 34.1 Å². The maximum absolute atomic E-state index is 12.7. The molecule has 3 unspecified atom stereocenters. The van der Waals surface area contributed by atoms with Gasteiger partial charge in [0.25, 0.3) is 10.0 Å². The number of nitrogens with zero attached hydrogens (tertiary/aromatic N) is 1. The normalized spacial score (nSPS) is 40.3. The Morgan fingerprint density at radius 3 is 2.38 bits per heavy atom. The number of fused-ring (bicyclic) bond motifs is 5. The minimum atomic E-state index is -4.14. The number of carbonyl (C=O) groups is 2. The minimum Gasteiger partial charge on any atom is -0.477 e. The molecule has 1 aromatic rings. The van der Waals surface area contributed by atoms with Crippen LogP contribution in [0.4, 0.5) is 0 Å². The van der Waals surface area contributed by atoms with Gasteiger partial charge in [0.15, 0.2) is 0 Å². The second kappa shape index (κ2) is 11.5. The number of carboxylic acids is 1. The van der Waals surface area contributed by atoms with E-state index in [0.717, 1.165) is 69.7 Å². The maximum atomic E-state index is 12.7. The van der Waals surface area contributed by atoms with Crippen LogP contribution in [0.2, 0.25) is 0 Å². The van der Waals surface area contributed by atoms with E-state index in [4.69, 9.17) is 5.11 Å². The van der Waals surface area contributed by atoms with Crippen molar-refractivity contribution >= 4 is 21.9 Å². The number of nitrogens with one attached hydrogen (secondary N) is 1. The first-order valence-electron chi connectivity index (χ1n) is 15.8. The third-order valence-corrected chi connectivity index (χ3v) is 13.8. The van der Waals surface area contributed by atoms with Gasteiger partial charge in [0.2, 0.25) is 5.91 Å². The van der Waals surface area contributed by atoms with Gasteiger partial charge in [-0.2, -0.15) is 0 Å². The van der Waals surface area contributed by atoms with E-state index in [1.807, 2.05) is 0 Å². The number of aliphatic hydroxyl groups excluding tert-OH is 2. The number of pyridine rings is 1. The highest BCUT2D eigenvalue weighted by Crippen LogP contribution is 2.69. The summed E-state index contributed by atoms with van der Waals surface area (Å²) in [4.78, 5) is 27.1. The third kappa shape index (κ3) is 5.30. The zero-order chi connectivity index (χ0) is 30.6. The summed E-state index contributed by atoms with van der Waals surface area (Å²) < 4.78 is 27.4. The number of hydrogen-bond acceptors (Lipinski definition) is 7. The zero-order valence-corrected chi connectivity index (χ0v) is 26.1. The van der Waals surface area contributed by atoms with E-state index in [1.165, 1.54) is 0 Å². The van der Waals surface area contributed by atoms with Gasteiger partial charge in [0, 0.05) is 12.6 Å². The number of rotatable bonds is 8. The fourth-order valence-electron chi connectivity index (χ4n) is 10.4. The van der Waals surface area contributed by atoms with E-state index >= 15 is 0 Å². The SMILES string of the molecule is CC[C@H]1[C@@H](O)C2C3CC[C@H]([C@H](C)CCC(=O)NS(=O)(=O)c4ccc(C(=O)O)nc4)[C@@]3(C)CCC2[C@@]2(C)CC[C@@H](O)C[C@@H]12. The molecule has 10 heteroatoms. The predicted octanol–water partition coefficient (Wildman–Crippen LogP) is 4.63. The monoisotopic (exact) mass is 604 g/mol. The summed E-state index contributed by atoms with van der Waals surface area (Å²) in [5.74, 6) is 0.502. The van der Waals surface area contributed by atoms with Crippen LogP contribution in [0.5, 0.6) is 0 Å². The minimum absolute atomic E-state index is 0.0668. The van der Waals surface area contributed by atoms with Crippen LogP contribution in [-0.4, -0.2) is 52.8 Å². The average Bonchev–Trinajstić information content (AvgIpc) is 3.30. The summed E-state index contributed by atoms with van der Waals surface area (Å²) in [7, 11) is -4.14. The summed E-state index contributed by atoms with van der Waals surface area (Å²) in [5, 5.41) is 31.4. The fraction of sp³-hybridized carbons (Fsp3) is 0.781. The standard InChI is InChI=1S/C32H48N2O7S/c1-5-21-25-16-19(35)12-14-32(25,4)24-13-15-31(3)22(8-9-23(31)28(24)29(21)37)18(2)6-11-27(36)34-42(40,41)20-7-10-26(30(38)39)33-17-20/h7,10,17-19,21-25,28-29,35,37H,5-6,8-9,11-16H2,1-4H3,(H,34,36)(H,38,39)/t18-,19-,21-,22-,23?,24?,25+,28?,29-,31-,32-/m1/s1. The first-order valence-corrected chi connectivity index (χ1v) is 17.3. The molecule has 0 radical (unpaired) electrons. The van der Waals surface area contributed by atoms with Crippen LogP contribution in [0.15, 0.2) is 23.2 Å². The Bertz CT molecular complexity index is 1290. The third-order valence-electron chi connectivity index (χ3n) is 12.5. The Morgan fingerprint density at radius 1 is 1.05 bits per heavy atom. The number of aromatic carboxylic acids is 1. The van der Waals surface area contributed by atoms with Crippen LogP contribution >= 0.6 is 0 Å². The van der Waals surface area contributed by atoms with Gasteiger partial charge in [-0.25, -0.2) is 22.9 Å². The molecular formula is C32H48N2O7S. The Kier molecular flexibility index (Phi) is 8.57. The molecule has 1 amide bonds. The predicted molar refractivity (Wildman–Crippen MR) is 157 cm³/mol.